The van der Waals surface area contributed by atoms with Crippen molar-refractivity contribution < 1.29 is 19.8 Å². The van der Waals surface area contributed by atoms with E-state index in [4.69, 9.17) is 12.2 Å². The highest BCUT2D eigenvalue weighted by Crippen LogP contribution is 2.46. The molecule has 0 aromatic heterocycles. The number of thiocarbonyl (C=S) groups is 1. The molecule has 0 aliphatic carbocycles. The van der Waals surface area contributed by atoms with Crippen LogP contribution in [-0.2, 0) is 9.59 Å². The van der Waals surface area contributed by atoms with Gasteiger partial charge in [0.05, 0.1) is 18.1 Å². The second-order valence-corrected chi connectivity index (χ2v) is 6.44. The van der Waals surface area contributed by atoms with Crippen LogP contribution in [0, 0.1) is 5.92 Å². The summed E-state index contributed by atoms with van der Waals surface area (Å²) in [7, 11) is 1.74. The third-order valence-electron chi connectivity index (χ3n) is 4.65. The molecule has 1 aromatic carbocycles. The van der Waals surface area contributed by atoms with Crippen LogP contribution in [0.5, 0.6) is 0 Å². The van der Waals surface area contributed by atoms with Gasteiger partial charge in [-0.1, -0.05) is 36.5 Å². The smallest absolute Gasteiger partial charge is 0.352 e. The van der Waals surface area contributed by atoms with Gasteiger partial charge in [0.15, 0.2) is 0 Å². The van der Waals surface area contributed by atoms with Gasteiger partial charge in [-0.05, 0) is 24.5 Å². The number of fused-ring (bicyclic) bond motifs is 1. The van der Waals surface area contributed by atoms with Gasteiger partial charge in [0.25, 0.3) is 0 Å². The number of nitrogens with zero attached hydrogens (tertiary/aromatic N) is 1. The van der Waals surface area contributed by atoms with Crippen molar-refractivity contribution in [2.24, 2.45) is 5.92 Å². The summed E-state index contributed by atoms with van der Waals surface area (Å²) in [6.45, 7) is 1.56. The molecule has 1 fully saturated rings. The largest absolute Gasteiger partial charge is 0.477 e. The van der Waals surface area contributed by atoms with Crippen LogP contribution in [-0.4, -0.2) is 51.2 Å². The number of hydrogen-bond donors (Lipinski definition) is 3. The van der Waals surface area contributed by atoms with Crippen LogP contribution in [0.25, 0.3) is 5.57 Å². The maximum Gasteiger partial charge on any atom is 0.352 e. The summed E-state index contributed by atoms with van der Waals surface area (Å²) in [4.78, 5) is 25.8. The fourth-order valence-electron chi connectivity index (χ4n) is 3.49. The molecule has 6 nitrogen and oxygen atoms in total. The Bertz CT molecular complexity index is 754. The van der Waals surface area contributed by atoms with Crippen LogP contribution in [0.2, 0.25) is 0 Å². The van der Waals surface area contributed by atoms with Crippen LogP contribution in [0.15, 0.2) is 30.0 Å². The van der Waals surface area contributed by atoms with E-state index in [-0.39, 0.29) is 17.6 Å². The molecule has 1 amide bonds. The van der Waals surface area contributed by atoms with Gasteiger partial charge < -0.3 is 20.4 Å². The first-order valence-electron chi connectivity index (χ1n) is 7.67. The summed E-state index contributed by atoms with van der Waals surface area (Å²) in [5.41, 5.74) is 2.23. The maximum atomic E-state index is 12.2. The van der Waals surface area contributed by atoms with Gasteiger partial charge in [-0.25, -0.2) is 4.79 Å². The Hall–Kier alpha value is -2.25. The van der Waals surface area contributed by atoms with Crippen molar-refractivity contribution in [3.05, 3.63) is 41.1 Å². The average Bonchev–Trinajstić information content (AvgIpc) is 2.89. The normalized spacial score (nSPS) is 23.6. The summed E-state index contributed by atoms with van der Waals surface area (Å²) >= 11 is 5.17. The summed E-state index contributed by atoms with van der Waals surface area (Å²) in [5.74, 6) is -1.98. The lowest BCUT2D eigenvalue weighted by atomic mass is 9.82. The number of carboxylic acids is 1. The highest BCUT2D eigenvalue weighted by molar-refractivity contribution is 7.80. The van der Waals surface area contributed by atoms with Crippen molar-refractivity contribution in [2.45, 2.75) is 25.5 Å². The van der Waals surface area contributed by atoms with E-state index in [2.05, 4.69) is 5.32 Å². The van der Waals surface area contributed by atoms with Gasteiger partial charge in [-0.2, -0.15) is 0 Å². The molecule has 126 valence electrons. The lowest BCUT2D eigenvalue weighted by molar-refractivity contribution is -0.161. The molecule has 3 N–H and O–H groups in total. The van der Waals surface area contributed by atoms with E-state index in [1.54, 1.807) is 14.0 Å². The number of aliphatic carboxylic acids is 1. The maximum absolute atomic E-state index is 12.2. The zero-order valence-corrected chi connectivity index (χ0v) is 14.1. The van der Waals surface area contributed by atoms with Crippen molar-refractivity contribution in [1.82, 2.24) is 10.2 Å². The van der Waals surface area contributed by atoms with Crippen LogP contribution >= 0.6 is 12.2 Å². The van der Waals surface area contributed by atoms with E-state index >= 15 is 0 Å². The van der Waals surface area contributed by atoms with E-state index in [1.165, 1.54) is 4.90 Å². The zero-order valence-electron chi connectivity index (χ0n) is 13.3. The predicted molar refractivity (Wildman–Crippen MR) is 92.2 cm³/mol. The Morgan fingerprint density at radius 1 is 1.38 bits per heavy atom. The summed E-state index contributed by atoms with van der Waals surface area (Å²) < 4.78 is 0. The van der Waals surface area contributed by atoms with Crippen molar-refractivity contribution in [1.29, 1.82) is 0 Å². The number of amides is 1. The van der Waals surface area contributed by atoms with Crippen molar-refractivity contribution >= 4 is 34.7 Å². The molecule has 0 saturated carbocycles. The molecule has 2 unspecified atom stereocenters. The fourth-order valence-corrected chi connectivity index (χ4v) is 3.63. The summed E-state index contributed by atoms with van der Waals surface area (Å²) in [5, 5.41) is 22.2. The van der Waals surface area contributed by atoms with Crippen LogP contribution in [0.3, 0.4) is 0 Å². The number of nitrogens with one attached hydrogen (secondary N) is 1. The Morgan fingerprint density at radius 2 is 2.00 bits per heavy atom. The lowest BCUT2D eigenvalue weighted by Gasteiger charge is -2.44. The molecule has 2 aliphatic rings. The first-order chi connectivity index (χ1) is 11.4. The topological polar surface area (TPSA) is 89.9 Å². The molecule has 2 aliphatic heterocycles. The Labute approximate surface area is 144 Å². The van der Waals surface area contributed by atoms with E-state index in [1.807, 2.05) is 24.3 Å². The minimum absolute atomic E-state index is 0.0193. The molecule has 3 rings (SSSR count). The molecule has 24 heavy (non-hydrogen) atoms. The van der Waals surface area contributed by atoms with Gasteiger partial charge in [0, 0.05) is 12.6 Å². The third-order valence-corrected chi connectivity index (χ3v) is 5.09. The van der Waals surface area contributed by atoms with Crippen LogP contribution in [0.4, 0.5) is 0 Å². The number of β-lactam (4-membered cyclic amide) rings is 1. The molecule has 1 aromatic rings. The van der Waals surface area contributed by atoms with E-state index < -0.39 is 18.0 Å². The molecular formula is C17H18N2O4S. The Balaban J connectivity index is 1.97. The second-order valence-electron chi connectivity index (χ2n) is 6.03. The number of rotatable bonds is 4. The second kappa shape index (κ2) is 5.99. The number of carbonyl (C=O) groups excluding carboxylic acids is 1. The molecule has 1 saturated heterocycles. The highest BCUT2D eigenvalue weighted by atomic mass is 32.1. The van der Waals surface area contributed by atoms with Gasteiger partial charge in [-0.3, -0.25) is 4.79 Å². The van der Waals surface area contributed by atoms with Crippen molar-refractivity contribution in [3.63, 3.8) is 0 Å². The van der Waals surface area contributed by atoms with Crippen LogP contribution in [0.1, 0.15) is 24.5 Å². The standard InChI is InChI=1S/C17H18N2O4S/c1-8(20)13-12-7-11(14(17(22)23)19(12)16(13)21)9-3-5-10(6-4-9)15(24)18-2/h3-6,8,12-13,20H,7H2,1-2H3,(H,18,24)(H,22,23)/t8-,12?,13?/m1/s1. The number of carboxylic acid groups (broad SMARTS) is 1. The van der Waals surface area contributed by atoms with Gasteiger partial charge in [0.1, 0.15) is 10.7 Å². The molecule has 7 heteroatoms. The van der Waals surface area contributed by atoms with E-state index in [9.17, 15) is 19.8 Å². The van der Waals surface area contributed by atoms with Gasteiger partial charge in [0.2, 0.25) is 5.91 Å². The lowest BCUT2D eigenvalue weighted by Crippen LogP contribution is -2.61. The predicted octanol–water partition coefficient (Wildman–Crippen LogP) is 0.989. The molecule has 0 radical (unpaired) electrons. The van der Waals surface area contributed by atoms with E-state index in [0.29, 0.717) is 17.0 Å². The number of aliphatic hydroxyl groups excluding tert-OH is 1. The summed E-state index contributed by atoms with van der Waals surface area (Å²) in [6, 6.07) is 6.99. The van der Waals surface area contributed by atoms with Crippen molar-refractivity contribution in [2.75, 3.05) is 7.05 Å². The minimum Gasteiger partial charge on any atom is -0.477 e. The first-order valence-corrected chi connectivity index (χ1v) is 8.07. The fraction of sp³-hybridized carbons (Fsp3) is 0.353. The number of carbonyl (C=O) groups is 2. The minimum atomic E-state index is -1.13. The zero-order chi connectivity index (χ0) is 17.6. The van der Waals surface area contributed by atoms with Crippen molar-refractivity contribution in [3.8, 4) is 0 Å². The Morgan fingerprint density at radius 3 is 2.50 bits per heavy atom. The van der Waals surface area contributed by atoms with Crippen LogP contribution < -0.4 is 5.32 Å². The quantitative estimate of drug-likeness (QED) is 0.556. The molecule has 0 spiro atoms. The Kier molecular flexibility index (Phi) is 4.15. The first kappa shape index (κ1) is 16.6. The van der Waals surface area contributed by atoms with Gasteiger partial charge >= 0.3 is 5.97 Å². The molecule has 2 heterocycles. The molecule has 0 bridgehead atoms. The number of hydrogen-bond acceptors (Lipinski definition) is 4. The highest BCUT2D eigenvalue weighted by Gasteiger charge is 2.56. The van der Waals surface area contributed by atoms with E-state index in [0.717, 1.165) is 11.1 Å². The number of aliphatic hydroxyl groups is 1. The molecular weight excluding hydrogens is 328 g/mol. The third kappa shape index (κ3) is 2.40. The number of benzene rings is 1. The average molecular weight is 346 g/mol. The van der Waals surface area contributed by atoms with Gasteiger partial charge in [-0.15, -0.1) is 0 Å². The summed E-state index contributed by atoms with van der Waals surface area (Å²) in [6.07, 6.45) is -0.359. The molecule has 3 atom stereocenters. The SMILES string of the molecule is CNC(=S)c1ccc(C2=C(C(=O)O)N3C(=O)C([C@@H](C)O)C3C2)cc1. The monoisotopic (exact) mass is 346 g/mol.